The molecule has 0 bridgehead atoms. The van der Waals surface area contributed by atoms with Crippen LogP contribution in [0.3, 0.4) is 0 Å². The molecule has 0 aromatic rings. The molecule has 0 aliphatic rings. The zero-order valence-corrected chi connectivity index (χ0v) is 15.4. The maximum absolute atomic E-state index is 2.38. The van der Waals surface area contributed by atoms with Crippen LogP contribution < -0.4 is 0 Å². The van der Waals surface area contributed by atoms with Gasteiger partial charge in [0.05, 0.1) is 0 Å². The van der Waals surface area contributed by atoms with Gasteiger partial charge in [-0.2, -0.15) is 0 Å². The molecule has 126 valence electrons. The highest BCUT2D eigenvalue weighted by Gasteiger charge is 1.99. The second-order valence-electron chi connectivity index (χ2n) is 6.84. The lowest BCUT2D eigenvalue weighted by molar-refractivity contribution is 0.316. The number of unbranched alkanes of at least 4 members (excludes halogenated alkanes) is 11. The minimum absolute atomic E-state index is 0.665. The van der Waals surface area contributed by atoms with E-state index in [4.69, 9.17) is 0 Å². The third-order valence-corrected chi connectivity index (χ3v) is 4.50. The van der Waals surface area contributed by atoms with Crippen LogP contribution in [0.15, 0.2) is 12.2 Å². The molecule has 0 unspecified atom stereocenters. The van der Waals surface area contributed by atoms with Crippen molar-refractivity contribution in [1.29, 1.82) is 0 Å². The van der Waals surface area contributed by atoms with Crippen molar-refractivity contribution < 1.29 is 0 Å². The van der Waals surface area contributed by atoms with E-state index in [-0.39, 0.29) is 0 Å². The van der Waals surface area contributed by atoms with Crippen molar-refractivity contribution in [2.75, 3.05) is 14.1 Å². The zero-order valence-electron chi connectivity index (χ0n) is 15.4. The van der Waals surface area contributed by atoms with Crippen molar-refractivity contribution in [3.05, 3.63) is 12.2 Å². The molecule has 0 heterocycles. The fourth-order valence-corrected chi connectivity index (χ4v) is 2.55. The first kappa shape index (κ1) is 20.7. The fraction of sp³-hybridized carbons (Fsp3) is 0.900. The molecule has 0 N–H and O–H groups in total. The molecule has 0 rings (SSSR count). The highest BCUT2D eigenvalue weighted by Crippen LogP contribution is 2.12. The van der Waals surface area contributed by atoms with Gasteiger partial charge in [-0.25, -0.2) is 0 Å². The Morgan fingerprint density at radius 2 is 1.19 bits per heavy atom. The van der Waals surface area contributed by atoms with E-state index < -0.39 is 0 Å². The Hall–Kier alpha value is -0.300. The largest absolute Gasteiger partial charge is 0.306 e. The van der Waals surface area contributed by atoms with E-state index in [1.807, 2.05) is 0 Å². The molecule has 1 atom stereocenters. The molecule has 0 aromatic heterocycles. The van der Waals surface area contributed by atoms with Crippen molar-refractivity contribution in [1.82, 2.24) is 4.90 Å². The molecule has 21 heavy (non-hydrogen) atoms. The Bertz CT molecular complexity index is 220. The van der Waals surface area contributed by atoms with Crippen LogP contribution in [0.5, 0.6) is 0 Å². The zero-order chi connectivity index (χ0) is 15.8. The van der Waals surface area contributed by atoms with Crippen molar-refractivity contribution >= 4 is 0 Å². The van der Waals surface area contributed by atoms with Gasteiger partial charge in [0, 0.05) is 6.04 Å². The Morgan fingerprint density at radius 1 is 0.714 bits per heavy atom. The van der Waals surface area contributed by atoms with Gasteiger partial charge in [-0.15, -0.1) is 0 Å². The van der Waals surface area contributed by atoms with Gasteiger partial charge in [0.15, 0.2) is 0 Å². The van der Waals surface area contributed by atoms with Gasteiger partial charge in [-0.1, -0.05) is 83.3 Å². The quantitative estimate of drug-likeness (QED) is 0.243. The smallest absolute Gasteiger partial charge is 0.00953 e. The summed E-state index contributed by atoms with van der Waals surface area (Å²) in [6.45, 7) is 4.57. The van der Waals surface area contributed by atoms with E-state index in [0.717, 1.165) is 0 Å². The van der Waals surface area contributed by atoms with E-state index in [2.05, 4.69) is 45.0 Å². The summed E-state index contributed by atoms with van der Waals surface area (Å²) < 4.78 is 0. The fourth-order valence-electron chi connectivity index (χ4n) is 2.55. The average molecular weight is 296 g/mol. The van der Waals surface area contributed by atoms with E-state index in [9.17, 15) is 0 Å². The monoisotopic (exact) mass is 295 g/mol. The second-order valence-corrected chi connectivity index (χ2v) is 6.84. The van der Waals surface area contributed by atoms with E-state index in [1.54, 1.807) is 0 Å². The molecule has 0 fully saturated rings. The molecule has 0 spiro atoms. The average Bonchev–Trinajstić information content (AvgIpc) is 2.47. The van der Waals surface area contributed by atoms with Gasteiger partial charge in [-0.05, 0) is 40.3 Å². The molecule has 0 aliphatic carbocycles. The first-order valence-electron chi connectivity index (χ1n) is 9.50. The molecule has 0 aromatic carbocycles. The van der Waals surface area contributed by atoms with Gasteiger partial charge >= 0.3 is 0 Å². The molecule has 0 radical (unpaired) electrons. The molecule has 1 heteroatoms. The minimum atomic E-state index is 0.665. The summed E-state index contributed by atoms with van der Waals surface area (Å²) in [5, 5.41) is 0. The summed E-state index contributed by atoms with van der Waals surface area (Å²) in [5.41, 5.74) is 0. The first-order valence-corrected chi connectivity index (χ1v) is 9.50. The van der Waals surface area contributed by atoms with E-state index >= 15 is 0 Å². The first-order chi connectivity index (χ1) is 10.2. The van der Waals surface area contributed by atoms with E-state index in [1.165, 1.54) is 83.5 Å². The van der Waals surface area contributed by atoms with Crippen LogP contribution in [-0.2, 0) is 0 Å². The van der Waals surface area contributed by atoms with Crippen LogP contribution in [0.2, 0.25) is 0 Å². The Balaban J connectivity index is 3.13. The van der Waals surface area contributed by atoms with Crippen LogP contribution >= 0.6 is 0 Å². The number of nitrogens with zero attached hydrogens (tertiary/aromatic N) is 1. The molecule has 0 aliphatic heterocycles. The summed E-state index contributed by atoms with van der Waals surface area (Å²) >= 11 is 0. The summed E-state index contributed by atoms with van der Waals surface area (Å²) in [5.74, 6) is 0. The Kier molecular flexibility index (Phi) is 15.8. The number of allylic oxidation sites excluding steroid dienone is 1. The van der Waals surface area contributed by atoms with Gasteiger partial charge in [-0.3, -0.25) is 0 Å². The molecule has 0 saturated carbocycles. The predicted molar refractivity (Wildman–Crippen MR) is 98.0 cm³/mol. The lowest BCUT2D eigenvalue weighted by Crippen LogP contribution is -2.23. The molecular weight excluding hydrogens is 254 g/mol. The third kappa shape index (κ3) is 15.9. The topological polar surface area (TPSA) is 3.24 Å². The van der Waals surface area contributed by atoms with Gasteiger partial charge < -0.3 is 4.90 Å². The summed E-state index contributed by atoms with van der Waals surface area (Å²) in [4.78, 5) is 2.28. The van der Waals surface area contributed by atoms with Crippen LogP contribution in [0.1, 0.15) is 97.3 Å². The van der Waals surface area contributed by atoms with Crippen LogP contribution in [0.4, 0.5) is 0 Å². The molecule has 0 saturated heterocycles. The lowest BCUT2D eigenvalue weighted by atomic mass is 10.1. The number of hydrogen-bond acceptors (Lipinski definition) is 1. The molecule has 0 amide bonds. The Morgan fingerprint density at radius 3 is 1.67 bits per heavy atom. The molecule has 1 nitrogen and oxygen atoms in total. The number of rotatable bonds is 15. The molecular formula is C20H41N. The van der Waals surface area contributed by atoms with Crippen LogP contribution in [0, 0.1) is 0 Å². The standard InChI is InChI=1S/C20H41N/c1-5-6-7-8-9-10-11-12-13-14-15-16-17-18-19-20(2)21(3)4/h17-18,20H,5-16,19H2,1-4H3/t20-/m0/s1. The van der Waals surface area contributed by atoms with Crippen molar-refractivity contribution in [3.63, 3.8) is 0 Å². The summed E-state index contributed by atoms with van der Waals surface area (Å²) in [6, 6.07) is 0.665. The van der Waals surface area contributed by atoms with Crippen molar-refractivity contribution in [2.24, 2.45) is 0 Å². The van der Waals surface area contributed by atoms with Crippen molar-refractivity contribution in [3.8, 4) is 0 Å². The third-order valence-electron chi connectivity index (χ3n) is 4.50. The van der Waals surface area contributed by atoms with Gasteiger partial charge in [0.2, 0.25) is 0 Å². The number of hydrogen-bond donors (Lipinski definition) is 0. The highest BCUT2D eigenvalue weighted by atomic mass is 15.1. The van der Waals surface area contributed by atoms with Crippen molar-refractivity contribution in [2.45, 2.75) is 103 Å². The summed E-state index contributed by atoms with van der Waals surface area (Å²) in [6.07, 6.45) is 23.0. The second kappa shape index (κ2) is 16.1. The normalized spacial score (nSPS) is 13.4. The van der Waals surface area contributed by atoms with E-state index in [0.29, 0.717) is 6.04 Å². The van der Waals surface area contributed by atoms with Gasteiger partial charge in [0.1, 0.15) is 0 Å². The predicted octanol–water partition coefficient (Wildman–Crippen LogP) is 6.58. The van der Waals surface area contributed by atoms with Gasteiger partial charge in [0.25, 0.3) is 0 Å². The Labute approximate surface area is 135 Å². The lowest BCUT2D eigenvalue weighted by Gasteiger charge is -2.17. The van der Waals surface area contributed by atoms with Crippen LogP contribution in [-0.4, -0.2) is 25.0 Å². The highest BCUT2D eigenvalue weighted by molar-refractivity contribution is 4.84. The minimum Gasteiger partial charge on any atom is -0.306 e. The summed E-state index contributed by atoms with van der Waals surface area (Å²) in [7, 11) is 4.31. The SMILES string of the molecule is CCCCCCCCCCCCCC=CC[C@H](C)N(C)C. The maximum atomic E-state index is 2.38. The van der Waals surface area contributed by atoms with Crippen LogP contribution in [0.25, 0.3) is 0 Å². The maximum Gasteiger partial charge on any atom is 0.00953 e.